The number of benzene rings is 1. The zero-order valence-electron chi connectivity index (χ0n) is 11.3. The molecule has 0 radical (unpaired) electrons. The van der Waals surface area contributed by atoms with Gasteiger partial charge in [0, 0.05) is 6.54 Å². The Balaban J connectivity index is 1.67. The zero-order chi connectivity index (χ0) is 14.0. The molecule has 1 aliphatic carbocycles. The van der Waals surface area contributed by atoms with Crippen molar-refractivity contribution >= 4 is 18.0 Å². The van der Waals surface area contributed by atoms with Gasteiger partial charge in [-0.1, -0.05) is 55.3 Å². The van der Waals surface area contributed by atoms with Crippen LogP contribution in [0.25, 0.3) is 6.08 Å². The number of nitrogens with zero attached hydrogens (tertiary/aromatic N) is 1. The second kappa shape index (κ2) is 5.12. The molecule has 1 aliphatic heterocycles. The Bertz CT molecular complexity index is 545. The van der Waals surface area contributed by atoms with Crippen molar-refractivity contribution in [3.63, 3.8) is 0 Å². The average molecular weight is 270 g/mol. The lowest BCUT2D eigenvalue weighted by molar-refractivity contribution is -0.130. The fourth-order valence-electron chi connectivity index (χ4n) is 3.02. The second-order valence-electron chi connectivity index (χ2n) is 5.45. The summed E-state index contributed by atoms with van der Waals surface area (Å²) in [6, 6.07) is 9.59. The van der Waals surface area contributed by atoms with Gasteiger partial charge in [0.05, 0.1) is 0 Å². The molecule has 0 unspecified atom stereocenters. The fourth-order valence-corrected chi connectivity index (χ4v) is 3.02. The van der Waals surface area contributed by atoms with Crippen LogP contribution in [0.5, 0.6) is 0 Å². The van der Waals surface area contributed by atoms with Crippen molar-refractivity contribution in [1.82, 2.24) is 10.2 Å². The first-order valence-electron chi connectivity index (χ1n) is 7.07. The normalized spacial score (nSPS) is 21.1. The van der Waals surface area contributed by atoms with Gasteiger partial charge in [-0.3, -0.25) is 9.69 Å². The van der Waals surface area contributed by atoms with E-state index in [1.165, 1.54) is 4.90 Å². The molecule has 1 heterocycles. The third-order valence-electron chi connectivity index (χ3n) is 4.10. The molecule has 3 rings (SSSR count). The van der Waals surface area contributed by atoms with Gasteiger partial charge in [-0.2, -0.15) is 0 Å². The van der Waals surface area contributed by atoms with Gasteiger partial charge in [0.25, 0.3) is 5.91 Å². The molecule has 1 aromatic carbocycles. The van der Waals surface area contributed by atoms with Crippen molar-refractivity contribution in [1.29, 1.82) is 0 Å². The first kappa shape index (κ1) is 12.9. The summed E-state index contributed by atoms with van der Waals surface area (Å²) in [7, 11) is 0. The van der Waals surface area contributed by atoms with Crippen LogP contribution in [-0.2, 0) is 4.79 Å². The van der Waals surface area contributed by atoms with E-state index < -0.39 is 5.54 Å². The standard InChI is InChI=1S/C16H18N2O2/c19-14-16(10-4-5-11-16)17-15(20)18(14)12-6-9-13-7-2-1-3-8-13/h1-3,6-9H,4-5,10-12H2,(H,17,20)/b9-6+. The van der Waals surface area contributed by atoms with Gasteiger partial charge in [-0.15, -0.1) is 0 Å². The number of imide groups is 1. The summed E-state index contributed by atoms with van der Waals surface area (Å²) in [4.78, 5) is 25.7. The van der Waals surface area contributed by atoms with Crippen LogP contribution in [0.1, 0.15) is 31.2 Å². The summed E-state index contributed by atoms with van der Waals surface area (Å²) in [5, 5.41) is 2.88. The molecule has 1 N–H and O–H groups in total. The molecule has 1 aromatic rings. The molecule has 1 saturated carbocycles. The molecular weight excluding hydrogens is 252 g/mol. The third kappa shape index (κ3) is 2.22. The second-order valence-corrected chi connectivity index (χ2v) is 5.45. The summed E-state index contributed by atoms with van der Waals surface area (Å²) in [6.45, 7) is 0.335. The SMILES string of the molecule is O=C1NC2(CCCC2)C(=O)N1C/C=C/c1ccccc1. The van der Waals surface area contributed by atoms with Crippen LogP contribution in [-0.4, -0.2) is 28.9 Å². The summed E-state index contributed by atoms with van der Waals surface area (Å²) in [6.07, 6.45) is 7.37. The highest BCUT2D eigenvalue weighted by atomic mass is 16.2. The first-order valence-corrected chi connectivity index (χ1v) is 7.07. The number of urea groups is 1. The quantitative estimate of drug-likeness (QED) is 0.858. The van der Waals surface area contributed by atoms with Gasteiger partial charge in [0.15, 0.2) is 0 Å². The summed E-state index contributed by atoms with van der Waals surface area (Å²) < 4.78 is 0. The van der Waals surface area contributed by atoms with Gasteiger partial charge >= 0.3 is 6.03 Å². The maximum absolute atomic E-state index is 12.4. The van der Waals surface area contributed by atoms with Crippen molar-refractivity contribution in [3.05, 3.63) is 42.0 Å². The number of carbonyl (C=O) groups excluding carboxylic acids is 2. The van der Waals surface area contributed by atoms with E-state index in [-0.39, 0.29) is 11.9 Å². The predicted molar refractivity (Wildman–Crippen MR) is 76.9 cm³/mol. The Morgan fingerprint density at radius 2 is 1.85 bits per heavy atom. The van der Waals surface area contributed by atoms with Crippen LogP contribution in [0.2, 0.25) is 0 Å². The van der Waals surface area contributed by atoms with E-state index in [0.29, 0.717) is 6.54 Å². The maximum Gasteiger partial charge on any atom is 0.325 e. The molecule has 2 aliphatic rings. The minimum Gasteiger partial charge on any atom is -0.323 e. The van der Waals surface area contributed by atoms with E-state index in [0.717, 1.165) is 31.2 Å². The number of amides is 3. The van der Waals surface area contributed by atoms with Crippen LogP contribution < -0.4 is 5.32 Å². The van der Waals surface area contributed by atoms with Crippen LogP contribution >= 0.6 is 0 Å². The van der Waals surface area contributed by atoms with E-state index in [4.69, 9.17) is 0 Å². The lowest BCUT2D eigenvalue weighted by Crippen LogP contribution is -2.44. The number of rotatable bonds is 3. The van der Waals surface area contributed by atoms with E-state index in [1.807, 2.05) is 42.5 Å². The maximum atomic E-state index is 12.4. The Morgan fingerprint density at radius 3 is 2.55 bits per heavy atom. The average Bonchev–Trinajstić information content (AvgIpc) is 3.01. The monoisotopic (exact) mass is 270 g/mol. The molecule has 2 fully saturated rings. The van der Waals surface area contributed by atoms with Gasteiger partial charge in [0.1, 0.15) is 5.54 Å². The molecule has 1 saturated heterocycles. The highest BCUT2D eigenvalue weighted by molar-refractivity contribution is 6.07. The molecule has 20 heavy (non-hydrogen) atoms. The van der Waals surface area contributed by atoms with Crippen LogP contribution in [0.15, 0.2) is 36.4 Å². The Labute approximate surface area is 118 Å². The largest absolute Gasteiger partial charge is 0.325 e. The topological polar surface area (TPSA) is 49.4 Å². The number of hydrogen-bond donors (Lipinski definition) is 1. The third-order valence-corrected chi connectivity index (χ3v) is 4.10. The van der Waals surface area contributed by atoms with Crippen LogP contribution in [0.3, 0.4) is 0 Å². The number of carbonyl (C=O) groups is 2. The van der Waals surface area contributed by atoms with Gasteiger partial charge < -0.3 is 5.32 Å². The van der Waals surface area contributed by atoms with Crippen molar-refractivity contribution in [3.8, 4) is 0 Å². The van der Waals surface area contributed by atoms with Crippen molar-refractivity contribution in [2.24, 2.45) is 0 Å². The fraction of sp³-hybridized carbons (Fsp3) is 0.375. The van der Waals surface area contributed by atoms with Gasteiger partial charge in [0.2, 0.25) is 0 Å². The molecule has 104 valence electrons. The van der Waals surface area contributed by atoms with Gasteiger partial charge in [-0.05, 0) is 18.4 Å². The highest BCUT2D eigenvalue weighted by Gasteiger charge is 2.51. The molecule has 3 amide bonds. The van der Waals surface area contributed by atoms with Crippen LogP contribution in [0, 0.1) is 0 Å². The smallest absolute Gasteiger partial charge is 0.323 e. The molecule has 0 aromatic heterocycles. The number of nitrogens with one attached hydrogen (secondary N) is 1. The van der Waals surface area contributed by atoms with E-state index in [2.05, 4.69) is 5.32 Å². The number of hydrogen-bond acceptors (Lipinski definition) is 2. The molecule has 4 heteroatoms. The summed E-state index contributed by atoms with van der Waals surface area (Å²) in [5.74, 6) is -0.0577. The van der Waals surface area contributed by atoms with Crippen molar-refractivity contribution in [2.75, 3.05) is 6.54 Å². The van der Waals surface area contributed by atoms with Crippen molar-refractivity contribution < 1.29 is 9.59 Å². The minimum atomic E-state index is -0.600. The van der Waals surface area contributed by atoms with Gasteiger partial charge in [-0.25, -0.2) is 4.79 Å². The van der Waals surface area contributed by atoms with E-state index >= 15 is 0 Å². The molecular formula is C16H18N2O2. The minimum absolute atomic E-state index is 0.0577. The Kier molecular flexibility index (Phi) is 3.30. The summed E-state index contributed by atoms with van der Waals surface area (Å²) >= 11 is 0. The molecule has 4 nitrogen and oxygen atoms in total. The zero-order valence-corrected chi connectivity index (χ0v) is 11.3. The molecule has 1 spiro atoms. The summed E-state index contributed by atoms with van der Waals surface area (Å²) in [5.41, 5.74) is 0.465. The first-order chi connectivity index (χ1) is 9.71. The Hall–Kier alpha value is -2.10. The lowest BCUT2D eigenvalue weighted by Gasteiger charge is -2.19. The van der Waals surface area contributed by atoms with E-state index in [1.54, 1.807) is 0 Å². The van der Waals surface area contributed by atoms with Crippen LogP contribution in [0.4, 0.5) is 4.79 Å². The Morgan fingerprint density at radius 1 is 1.15 bits per heavy atom. The van der Waals surface area contributed by atoms with E-state index in [9.17, 15) is 9.59 Å². The highest BCUT2D eigenvalue weighted by Crippen LogP contribution is 2.34. The lowest BCUT2D eigenvalue weighted by atomic mass is 9.98. The predicted octanol–water partition coefficient (Wildman–Crippen LogP) is 2.56. The molecule has 0 atom stereocenters. The molecule has 0 bridgehead atoms. The van der Waals surface area contributed by atoms with Crippen molar-refractivity contribution in [2.45, 2.75) is 31.2 Å².